The lowest BCUT2D eigenvalue weighted by Gasteiger charge is -2.15. The molecule has 0 saturated carbocycles. The van der Waals surface area contributed by atoms with Crippen LogP contribution in [-0.4, -0.2) is 67.6 Å². The Balaban J connectivity index is 1.58. The monoisotopic (exact) mass is 499 g/mol. The summed E-state index contributed by atoms with van der Waals surface area (Å²) in [6.45, 7) is -2.75. The minimum absolute atomic E-state index is 0.0892. The molecule has 1 amide bonds. The molecule has 0 radical (unpaired) electrons. The van der Waals surface area contributed by atoms with Crippen molar-refractivity contribution in [2.75, 3.05) is 26.0 Å². The summed E-state index contributed by atoms with van der Waals surface area (Å²) < 4.78 is 39.9. The predicted octanol–water partition coefficient (Wildman–Crippen LogP) is 2.32. The number of rotatable bonds is 8. The maximum absolute atomic E-state index is 13.3. The van der Waals surface area contributed by atoms with Crippen molar-refractivity contribution in [3.05, 3.63) is 54.1 Å². The van der Waals surface area contributed by atoms with E-state index < -0.39 is 12.8 Å². The molecular formula is C23H23F2N7O4. The standard InChI is InChI=1S/C23H23F2N7O4/c1-30(2)19(33)12-31-11-16(28-22(34)15-10-27-32-6-3-5-26-21(15)32)20(29-31)14-9-17-13(4-7-35-17)8-18(14)36-23(24)25/h3,5-6,8-11,22-23,28,34H,4,7,12H2,1-2H3. The molecule has 13 heteroatoms. The first-order chi connectivity index (χ1) is 17.3. The number of alkyl halides is 2. The van der Waals surface area contributed by atoms with Gasteiger partial charge in [-0.05, 0) is 18.2 Å². The van der Waals surface area contributed by atoms with Gasteiger partial charge in [-0.3, -0.25) is 9.48 Å². The van der Waals surface area contributed by atoms with Gasteiger partial charge in [0.2, 0.25) is 5.91 Å². The Kier molecular flexibility index (Phi) is 6.14. The minimum Gasteiger partial charge on any atom is -0.493 e. The van der Waals surface area contributed by atoms with Gasteiger partial charge in [0.05, 0.1) is 29.6 Å². The molecule has 4 heterocycles. The molecule has 0 spiro atoms. The van der Waals surface area contributed by atoms with Crippen LogP contribution in [0.5, 0.6) is 11.5 Å². The number of nitrogens with zero attached hydrogens (tertiary/aromatic N) is 6. The number of likely N-dealkylation sites (N-methyl/N-ethyl adjacent to an activating group) is 1. The third kappa shape index (κ3) is 4.52. The molecule has 3 aromatic heterocycles. The summed E-state index contributed by atoms with van der Waals surface area (Å²) in [5.74, 6) is 0.210. The molecule has 1 atom stereocenters. The molecule has 4 aromatic rings. The van der Waals surface area contributed by atoms with Crippen molar-refractivity contribution in [1.82, 2.24) is 29.3 Å². The van der Waals surface area contributed by atoms with Crippen LogP contribution < -0.4 is 14.8 Å². The predicted molar refractivity (Wildman–Crippen MR) is 124 cm³/mol. The highest BCUT2D eigenvalue weighted by atomic mass is 19.3. The molecule has 0 bridgehead atoms. The highest BCUT2D eigenvalue weighted by Crippen LogP contribution is 2.42. The first-order valence-corrected chi connectivity index (χ1v) is 11.1. The van der Waals surface area contributed by atoms with E-state index >= 15 is 0 Å². The Morgan fingerprint density at radius 2 is 2.19 bits per heavy atom. The minimum atomic E-state index is -3.06. The molecule has 0 fully saturated rings. The lowest BCUT2D eigenvalue weighted by molar-refractivity contribution is -0.129. The molecule has 0 aliphatic carbocycles. The normalized spacial score (nSPS) is 13.5. The molecule has 0 saturated heterocycles. The second-order valence-corrected chi connectivity index (χ2v) is 8.34. The zero-order valence-corrected chi connectivity index (χ0v) is 19.4. The van der Waals surface area contributed by atoms with Gasteiger partial charge in [-0.15, -0.1) is 0 Å². The van der Waals surface area contributed by atoms with Crippen LogP contribution in [0.1, 0.15) is 17.4 Å². The molecule has 5 rings (SSSR count). The van der Waals surface area contributed by atoms with E-state index in [1.807, 2.05) is 0 Å². The van der Waals surface area contributed by atoms with Gasteiger partial charge >= 0.3 is 6.61 Å². The first-order valence-electron chi connectivity index (χ1n) is 11.1. The van der Waals surface area contributed by atoms with Crippen molar-refractivity contribution >= 4 is 17.2 Å². The molecule has 2 N–H and O–H groups in total. The fraction of sp³-hybridized carbons (Fsp3) is 0.304. The van der Waals surface area contributed by atoms with Gasteiger partial charge in [0.25, 0.3) is 0 Å². The van der Waals surface area contributed by atoms with Gasteiger partial charge in [0.15, 0.2) is 11.9 Å². The van der Waals surface area contributed by atoms with Crippen LogP contribution in [0.25, 0.3) is 16.9 Å². The Labute approximate surface area is 203 Å². The van der Waals surface area contributed by atoms with E-state index in [9.17, 15) is 18.7 Å². The maximum Gasteiger partial charge on any atom is 0.387 e. The van der Waals surface area contributed by atoms with Gasteiger partial charge in [-0.1, -0.05) is 0 Å². The van der Waals surface area contributed by atoms with Gasteiger partial charge < -0.3 is 24.8 Å². The quantitative estimate of drug-likeness (QED) is 0.355. The van der Waals surface area contributed by atoms with Crippen LogP contribution in [0.2, 0.25) is 0 Å². The molecule has 188 valence electrons. The number of halogens is 2. The van der Waals surface area contributed by atoms with Crippen molar-refractivity contribution in [3.8, 4) is 22.8 Å². The van der Waals surface area contributed by atoms with Crippen LogP contribution in [0.4, 0.5) is 14.5 Å². The number of hydrogen-bond acceptors (Lipinski definition) is 8. The molecule has 1 unspecified atom stereocenters. The number of carbonyl (C=O) groups is 1. The van der Waals surface area contributed by atoms with Gasteiger partial charge in [-0.25, -0.2) is 9.50 Å². The number of benzene rings is 1. The SMILES string of the molecule is CN(C)C(=O)Cn1cc(NC(O)c2cnn3cccnc23)c(-c2cc3c(cc2OC(F)F)CCO3)n1. The van der Waals surface area contributed by atoms with Crippen molar-refractivity contribution < 1.29 is 28.2 Å². The second kappa shape index (κ2) is 9.41. The van der Waals surface area contributed by atoms with Crippen LogP contribution in [0, 0.1) is 0 Å². The van der Waals surface area contributed by atoms with Crippen molar-refractivity contribution in [3.63, 3.8) is 0 Å². The first kappa shape index (κ1) is 23.5. The average molecular weight is 499 g/mol. The molecule has 36 heavy (non-hydrogen) atoms. The summed E-state index contributed by atoms with van der Waals surface area (Å²) >= 11 is 0. The second-order valence-electron chi connectivity index (χ2n) is 8.34. The number of aliphatic hydroxyl groups is 1. The average Bonchev–Trinajstić information content (AvgIpc) is 3.56. The van der Waals surface area contributed by atoms with Crippen molar-refractivity contribution in [2.24, 2.45) is 0 Å². The van der Waals surface area contributed by atoms with E-state index in [-0.39, 0.29) is 35.1 Å². The van der Waals surface area contributed by atoms with Crippen LogP contribution in [0.15, 0.2) is 43.0 Å². The fourth-order valence-corrected chi connectivity index (χ4v) is 3.93. The number of amides is 1. The fourth-order valence-electron chi connectivity index (χ4n) is 3.93. The van der Waals surface area contributed by atoms with Crippen LogP contribution in [0.3, 0.4) is 0 Å². The Bertz CT molecular complexity index is 1420. The number of nitrogens with one attached hydrogen (secondary N) is 1. The number of fused-ring (bicyclic) bond motifs is 2. The highest BCUT2D eigenvalue weighted by Gasteiger charge is 2.25. The summed E-state index contributed by atoms with van der Waals surface area (Å²) in [7, 11) is 3.22. The van der Waals surface area contributed by atoms with E-state index in [0.29, 0.717) is 30.0 Å². The van der Waals surface area contributed by atoms with E-state index in [2.05, 4.69) is 20.5 Å². The summed E-state index contributed by atoms with van der Waals surface area (Å²) in [4.78, 5) is 18.0. The van der Waals surface area contributed by atoms with Gasteiger partial charge in [0, 0.05) is 44.7 Å². The number of ether oxygens (including phenoxy) is 2. The van der Waals surface area contributed by atoms with E-state index in [0.717, 1.165) is 5.56 Å². The Morgan fingerprint density at radius 3 is 2.97 bits per heavy atom. The zero-order valence-electron chi connectivity index (χ0n) is 19.4. The van der Waals surface area contributed by atoms with E-state index in [4.69, 9.17) is 9.47 Å². The molecule has 1 aliphatic rings. The van der Waals surface area contributed by atoms with E-state index in [1.165, 1.54) is 32.6 Å². The van der Waals surface area contributed by atoms with Crippen molar-refractivity contribution in [1.29, 1.82) is 0 Å². The largest absolute Gasteiger partial charge is 0.493 e. The summed E-state index contributed by atoms with van der Waals surface area (Å²) in [5, 5.41) is 22.6. The molecule has 1 aliphatic heterocycles. The maximum atomic E-state index is 13.3. The lowest BCUT2D eigenvalue weighted by Crippen LogP contribution is -2.26. The van der Waals surface area contributed by atoms with Crippen molar-refractivity contribution in [2.45, 2.75) is 25.8 Å². The van der Waals surface area contributed by atoms with E-state index in [1.54, 1.807) is 38.6 Å². The van der Waals surface area contributed by atoms with Crippen LogP contribution >= 0.6 is 0 Å². The van der Waals surface area contributed by atoms with Gasteiger partial charge in [-0.2, -0.15) is 19.0 Å². The molecule has 11 nitrogen and oxygen atoms in total. The Morgan fingerprint density at radius 1 is 1.36 bits per heavy atom. The molecule has 1 aromatic carbocycles. The number of hydrogen-bond donors (Lipinski definition) is 2. The lowest BCUT2D eigenvalue weighted by atomic mass is 10.0. The number of anilines is 1. The number of carbonyl (C=O) groups excluding carboxylic acids is 1. The third-order valence-electron chi connectivity index (χ3n) is 5.71. The number of aliphatic hydroxyl groups excluding tert-OH is 1. The molecular weight excluding hydrogens is 476 g/mol. The summed E-state index contributed by atoms with van der Waals surface area (Å²) in [5.41, 5.74) is 2.26. The summed E-state index contributed by atoms with van der Waals surface area (Å²) in [6, 6.07) is 4.78. The number of aromatic nitrogens is 5. The topological polar surface area (TPSA) is 119 Å². The zero-order chi connectivity index (χ0) is 25.4. The Hall–Kier alpha value is -4.26. The summed E-state index contributed by atoms with van der Waals surface area (Å²) in [6.07, 6.45) is 5.53. The smallest absolute Gasteiger partial charge is 0.387 e. The van der Waals surface area contributed by atoms with Gasteiger partial charge in [0.1, 0.15) is 23.7 Å². The highest BCUT2D eigenvalue weighted by molar-refractivity contribution is 5.81. The third-order valence-corrected chi connectivity index (χ3v) is 5.71. The van der Waals surface area contributed by atoms with Crippen LogP contribution in [-0.2, 0) is 17.8 Å².